The average Bonchev–Trinajstić information content (AvgIpc) is 2.40. The molecule has 19 heavy (non-hydrogen) atoms. The smallest absolute Gasteiger partial charge is 0.287 e. The molecule has 5 heteroatoms. The average molecular weight is 284 g/mol. The van der Waals surface area contributed by atoms with Gasteiger partial charge >= 0.3 is 7.82 Å². The quantitative estimate of drug-likeness (QED) is 0.668. The monoisotopic (exact) mass is 284 g/mol. The van der Waals surface area contributed by atoms with E-state index in [1.807, 2.05) is 43.3 Å². The summed E-state index contributed by atoms with van der Waals surface area (Å²) in [5.41, 5.74) is 2.16. The Balaban J connectivity index is 2.58. The first-order valence-corrected chi connectivity index (χ1v) is 7.83. The fourth-order valence-corrected chi connectivity index (χ4v) is 2.61. The number of benzene rings is 1. The summed E-state index contributed by atoms with van der Waals surface area (Å²) in [6, 6.07) is 9.93. The lowest BCUT2D eigenvalue weighted by Crippen LogP contribution is -2.00. The Kier molecular flexibility index (Phi) is 7.03. The van der Waals surface area contributed by atoms with Crippen LogP contribution in [0.4, 0.5) is 0 Å². The van der Waals surface area contributed by atoms with Crippen molar-refractivity contribution in [3.8, 4) is 0 Å². The minimum atomic E-state index is -3.41. The standard InChI is InChI=1S/C14H21O4P/c1-4-16-19(15,17-5-2)18-12-11-13(3)14-9-7-6-8-10-14/h6-11H,4-5,12H2,1-3H3/b13-11+. The largest absolute Gasteiger partial charge is 0.475 e. The molecule has 0 saturated carbocycles. The second-order valence-corrected chi connectivity index (χ2v) is 5.50. The van der Waals surface area contributed by atoms with Crippen LogP contribution in [0.1, 0.15) is 26.3 Å². The third-order valence-electron chi connectivity index (χ3n) is 2.43. The zero-order valence-electron chi connectivity index (χ0n) is 11.7. The molecule has 0 fully saturated rings. The Hall–Kier alpha value is -0.930. The molecule has 0 aromatic heterocycles. The highest BCUT2D eigenvalue weighted by Crippen LogP contribution is 2.49. The first-order valence-electron chi connectivity index (χ1n) is 6.37. The van der Waals surface area contributed by atoms with Gasteiger partial charge in [-0.2, -0.15) is 0 Å². The molecule has 0 N–H and O–H groups in total. The lowest BCUT2D eigenvalue weighted by atomic mass is 10.1. The van der Waals surface area contributed by atoms with Crippen molar-refractivity contribution in [1.29, 1.82) is 0 Å². The summed E-state index contributed by atoms with van der Waals surface area (Å²) in [5.74, 6) is 0. The fourth-order valence-electron chi connectivity index (χ4n) is 1.50. The van der Waals surface area contributed by atoms with E-state index in [4.69, 9.17) is 13.6 Å². The molecule has 4 nitrogen and oxygen atoms in total. The Morgan fingerprint density at radius 2 is 1.68 bits per heavy atom. The van der Waals surface area contributed by atoms with Gasteiger partial charge in [-0.05, 0) is 31.9 Å². The van der Waals surface area contributed by atoms with Crippen molar-refractivity contribution in [2.24, 2.45) is 0 Å². The van der Waals surface area contributed by atoms with Gasteiger partial charge < -0.3 is 0 Å². The van der Waals surface area contributed by atoms with E-state index in [0.717, 1.165) is 11.1 Å². The van der Waals surface area contributed by atoms with E-state index in [2.05, 4.69) is 0 Å². The van der Waals surface area contributed by atoms with Crippen LogP contribution >= 0.6 is 7.82 Å². The molecule has 1 aromatic rings. The minimum absolute atomic E-state index is 0.192. The maximum absolute atomic E-state index is 12.0. The van der Waals surface area contributed by atoms with Crippen molar-refractivity contribution in [2.75, 3.05) is 19.8 Å². The zero-order chi connectivity index (χ0) is 14.1. The molecule has 0 aliphatic rings. The molecule has 0 heterocycles. The summed E-state index contributed by atoms with van der Waals surface area (Å²) >= 11 is 0. The van der Waals surface area contributed by atoms with Gasteiger partial charge in [-0.15, -0.1) is 0 Å². The topological polar surface area (TPSA) is 44.8 Å². The molecule has 0 aliphatic carbocycles. The molecule has 0 unspecified atom stereocenters. The van der Waals surface area contributed by atoms with Gasteiger partial charge in [0.15, 0.2) is 0 Å². The van der Waals surface area contributed by atoms with Crippen molar-refractivity contribution in [1.82, 2.24) is 0 Å². The Morgan fingerprint density at radius 3 is 2.21 bits per heavy atom. The van der Waals surface area contributed by atoms with Gasteiger partial charge in [0.05, 0.1) is 19.8 Å². The number of phosphoric ester groups is 1. The Bertz CT molecular complexity index is 432. The maximum Gasteiger partial charge on any atom is 0.475 e. The van der Waals surface area contributed by atoms with E-state index < -0.39 is 7.82 Å². The van der Waals surface area contributed by atoms with Crippen LogP contribution < -0.4 is 0 Å². The first-order chi connectivity index (χ1) is 9.11. The molecule has 0 atom stereocenters. The third-order valence-corrected chi connectivity index (χ3v) is 4.04. The molecule has 0 bridgehead atoms. The molecule has 0 radical (unpaired) electrons. The summed E-state index contributed by atoms with van der Waals surface area (Å²) in [4.78, 5) is 0. The van der Waals surface area contributed by atoms with Gasteiger partial charge in [0.2, 0.25) is 0 Å². The van der Waals surface area contributed by atoms with Gasteiger partial charge in [0, 0.05) is 0 Å². The van der Waals surface area contributed by atoms with Crippen LogP contribution in [0.2, 0.25) is 0 Å². The number of hydrogen-bond acceptors (Lipinski definition) is 4. The van der Waals surface area contributed by atoms with Crippen LogP contribution in [-0.2, 0) is 18.1 Å². The van der Waals surface area contributed by atoms with Crippen molar-refractivity contribution >= 4 is 13.4 Å². The number of hydrogen-bond donors (Lipinski definition) is 0. The highest BCUT2D eigenvalue weighted by molar-refractivity contribution is 7.48. The predicted molar refractivity (Wildman–Crippen MR) is 76.9 cm³/mol. The van der Waals surface area contributed by atoms with Gasteiger partial charge in [-0.1, -0.05) is 36.4 Å². The predicted octanol–water partition coefficient (Wildman–Crippen LogP) is 4.29. The summed E-state index contributed by atoms with van der Waals surface area (Å²) in [6.45, 7) is 6.25. The SMILES string of the molecule is CCOP(=O)(OCC)OC/C=C(\C)c1ccccc1. The lowest BCUT2D eigenvalue weighted by Gasteiger charge is -2.15. The third kappa shape index (κ3) is 5.70. The molecule has 0 saturated heterocycles. The van der Waals surface area contributed by atoms with Crippen LogP contribution in [0.5, 0.6) is 0 Å². The van der Waals surface area contributed by atoms with E-state index in [9.17, 15) is 4.57 Å². The number of phosphoric acid groups is 1. The van der Waals surface area contributed by atoms with Crippen molar-refractivity contribution < 1.29 is 18.1 Å². The molecular weight excluding hydrogens is 263 g/mol. The van der Waals surface area contributed by atoms with Crippen molar-refractivity contribution in [3.05, 3.63) is 42.0 Å². The molecule has 0 amide bonds. The number of rotatable bonds is 8. The van der Waals surface area contributed by atoms with Gasteiger partial charge in [0.1, 0.15) is 0 Å². The minimum Gasteiger partial charge on any atom is -0.287 e. The van der Waals surface area contributed by atoms with Gasteiger partial charge in [-0.3, -0.25) is 13.6 Å². The van der Waals surface area contributed by atoms with E-state index in [0.29, 0.717) is 13.2 Å². The van der Waals surface area contributed by atoms with Crippen LogP contribution in [0.15, 0.2) is 36.4 Å². The lowest BCUT2D eigenvalue weighted by molar-refractivity contribution is 0.131. The molecule has 1 aromatic carbocycles. The Labute approximate surface area is 115 Å². The Morgan fingerprint density at radius 1 is 1.11 bits per heavy atom. The van der Waals surface area contributed by atoms with Crippen molar-refractivity contribution in [3.63, 3.8) is 0 Å². The first kappa shape index (κ1) is 16.1. The van der Waals surface area contributed by atoms with E-state index in [1.165, 1.54) is 0 Å². The maximum atomic E-state index is 12.0. The highest BCUT2D eigenvalue weighted by Gasteiger charge is 2.24. The molecular formula is C14H21O4P. The molecule has 0 aliphatic heterocycles. The fraction of sp³-hybridized carbons (Fsp3) is 0.429. The van der Waals surface area contributed by atoms with Crippen LogP contribution in [0, 0.1) is 0 Å². The highest BCUT2D eigenvalue weighted by atomic mass is 31.2. The van der Waals surface area contributed by atoms with Crippen LogP contribution in [0.25, 0.3) is 5.57 Å². The normalized spacial score (nSPS) is 12.7. The van der Waals surface area contributed by atoms with Gasteiger partial charge in [0.25, 0.3) is 0 Å². The summed E-state index contributed by atoms with van der Waals surface area (Å²) in [7, 11) is -3.41. The second kappa shape index (κ2) is 8.28. The molecule has 106 valence electrons. The number of allylic oxidation sites excluding steroid dienone is 1. The summed E-state index contributed by atoms with van der Waals surface area (Å²) < 4.78 is 27.4. The van der Waals surface area contributed by atoms with Crippen molar-refractivity contribution in [2.45, 2.75) is 20.8 Å². The van der Waals surface area contributed by atoms with E-state index in [1.54, 1.807) is 13.8 Å². The summed E-state index contributed by atoms with van der Waals surface area (Å²) in [6.07, 6.45) is 1.86. The second-order valence-electron chi connectivity index (χ2n) is 3.83. The zero-order valence-corrected chi connectivity index (χ0v) is 12.6. The molecule has 0 spiro atoms. The summed E-state index contributed by atoms with van der Waals surface area (Å²) in [5, 5.41) is 0. The molecule has 1 rings (SSSR count). The van der Waals surface area contributed by atoms with Gasteiger partial charge in [-0.25, -0.2) is 4.57 Å². The van der Waals surface area contributed by atoms with E-state index >= 15 is 0 Å². The van der Waals surface area contributed by atoms with Crippen LogP contribution in [-0.4, -0.2) is 19.8 Å². The van der Waals surface area contributed by atoms with Crippen LogP contribution in [0.3, 0.4) is 0 Å². The van der Waals surface area contributed by atoms with E-state index in [-0.39, 0.29) is 6.61 Å².